The molecule has 1 aromatic rings. The number of hydrogen-bond acceptors (Lipinski definition) is 1. The average Bonchev–Trinajstić information content (AvgIpc) is 2.35. The van der Waals surface area contributed by atoms with Crippen LogP contribution in [0.5, 0.6) is 0 Å². The van der Waals surface area contributed by atoms with Crippen LogP contribution in [-0.2, 0) is 0 Å². The molecule has 0 fully saturated rings. The van der Waals surface area contributed by atoms with Gasteiger partial charge in [0.05, 0.1) is 0 Å². The minimum Gasteiger partial charge on any atom is -0.311 e. The van der Waals surface area contributed by atoms with E-state index >= 15 is 0 Å². The molecule has 2 atom stereocenters. The van der Waals surface area contributed by atoms with Gasteiger partial charge in [-0.1, -0.05) is 57.0 Å². The van der Waals surface area contributed by atoms with E-state index < -0.39 is 0 Å². The van der Waals surface area contributed by atoms with Crippen LogP contribution in [0.15, 0.2) is 30.3 Å². The molecule has 108 valence electrons. The van der Waals surface area contributed by atoms with Gasteiger partial charge in [-0.3, -0.25) is 0 Å². The Morgan fingerprint density at radius 2 is 1.74 bits per heavy atom. The minimum atomic E-state index is 0.195. The summed E-state index contributed by atoms with van der Waals surface area (Å²) in [5, 5.41) is 3.67. The average molecular weight is 261 g/mol. The van der Waals surface area contributed by atoms with E-state index in [-0.39, 0.29) is 5.54 Å². The molecule has 1 nitrogen and oxygen atoms in total. The van der Waals surface area contributed by atoms with E-state index in [4.69, 9.17) is 0 Å². The second kappa shape index (κ2) is 7.69. The second-order valence-electron chi connectivity index (χ2n) is 6.87. The van der Waals surface area contributed by atoms with Gasteiger partial charge in [-0.25, -0.2) is 0 Å². The van der Waals surface area contributed by atoms with Gasteiger partial charge in [-0.15, -0.1) is 0 Å². The quantitative estimate of drug-likeness (QED) is 0.729. The zero-order valence-electron chi connectivity index (χ0n) is 13.4. The summed E-state index contributed by atoms with van der Waals surface area (Å²) < 4.78 is 0. The molecule has 0 aliphatic carbocycles. The monoisotopic (exact) mass is 261 g/mol. The maximum atomic E-state index is 3.67. The first kappa shape index (κ1) is 16.2. The van der Waals surface area contributed by atoms with Gasteiger partial charge in [0.1, 0.15) is 0 Å². The summed E-state index contributed by atoms with van der Waals surface area (Å²) in [7, 11) is 0. The van der Waals surface area contributed by atoms with Crippen molar-refractivity contribution in [3.63, 3.8) is 0 Å². The van der Waals surface area contributed by atoms with Gasteiger partial charge in [0.25, 0.3) is 0 Å². The third-order valence-corrected chi connectivity index (χ3v) is 3.62. The molecule has 0 spiro atoms. The fourth-order valence-electron chi connectivity index (χ4n) is 2.59. The van der Waals surface area contributed by atoms with E-state index in [1.54, 1.807) is 0 Å². The number of hydrogen-bond donors (Lipinski definition) is 1. The third-order valence-electron chi connectivity index (χ3n) is 3.62. The summed E-state index contributed by atoms with van der Waals surface area (Å²) >= 11 is 0. The fourth-order valence-corrected chi connectivity index (χ4v) is 2.59. The first-order valence-corrected chi connectivity index (χ1v) is 7.72. The highest BCUT2D eigenvalue weighted by molar-refractivity contribution is 5.20. The molecule has 0 heterocycles. The standard InChI is InChI=1S/C18H31N/c1-6-10-15(2)13-17(14-19-18(3,4)5)16-11-8-7-9-12-16/h7-9,11-12,15,17,19H,6,10,13-14H2,1-5H3. The fraction of sp³-hybridized carbons (Fsp3) is 0.667. The predicted octanol–water partition coefficient (Wildman–Crippen LogP) is 4.98. The van der Waals surface area contributed by atoms with Crippen LogP contribution in [0.1, 0.15) is 65.4 Å². The molecule has 0 saturated heterocycles. The van der Waals surface area contributed by atoms with E-state index in [1.165, 1.54) is 24.8 Å². The SMILES string of the molecule is CCCC(C)CC(CNC(C)(C)C)c1ccccc1. The highest BCUT2D eigenvalue weighted by Gasteiger charge is 2.18. The van der Waals surface area contributed by atoms with Crippen molar-refractivity contribution < 1.29 is 0 Å². The van der Waals surface area contributed by atoms with Crippen LogP contribution in [0, 0.1) is 5.92 Å². The van der Waals surface area contributed by atoms with E-state index in [0.717, 1.165) is 12.5 Å². The lowest BCUT2D eigenvalue weighted by Crippen LogP contribution is -2.38. The lowest BCUT2D eigenvalue weighted by atomic mass is 9.87. The van der Waals surface area contributed by atoms with Crippen LogP contribution < -0.4 is 5.32 Å². The van der Waals surface area contributed by atoms with Crippen molar-refractivity contribution in [3.8, 4) is 0 Å². The maximum absolute atomic E-state index is 3.67. The van der Waals surface area contributed by atoms with Gasteiger partial charge >= 0.3 is 0 Å². The van der Waals surface area contributed by atoms with Gasteiger partial charge in [0, 0.05) is 12.1 Å². The van der Waals surface area contributed by atoms with Crippen molar-refractivity contribution in [1.82, 2.24) is 5.32 Å². The Labute approximate surface area is 119 Å². The summed E-state index contributed by atoms with van der Waals surface area (Å²) in [5.74, 6) is 1.43. The molecule has 19 heavy (non-hydrogen) atoms. The molecule has 0 radical (unpaired) electrons. The van der Waals surface area contributed by atoms with Gasteiger partial charge in [0.15, 0.2) is 0 Å². The first-order valence-electron chi connectivity index (χ1n) is 7.72. The van der Waals surface area contributed by atoms with E-state index in [2.05, 4.69) is 70.3 Å². The van der Waals surface area contributed by atoms with Crippen LogP contribution in [0.2, 0.25) is 0 Å². The van der Waals surface area contributed by atoms with E-state index in [0.29, 0.717) is 5.92 Å². The highest BCUT2D eigenvalue weighted by Crippen LogP contribution is 2.26. The molecule has 0 aromatic heterocycles. The minimum absolute atomic E-state index is 0.195. The van der Waals surface area contributed by atoms with E-state index in [9.17, 15) is 0 Å². The molecule has 1 aromatic carbocycles. The second-order valence-corrected chi connectivity index (χ2v) is 6.87. The lowest BCUT2D eigenvalue weighted by molar-refractivity contribution is 0.366. The van der Waals surface area contributed by atoms with E-state index in [1.807, 2.05) is 0 Å². The molecule has 2 unspecified atom stereocenters. The van der Waals surface area contributed by atoms with Gasteiger partial charge in [-0.2, -0.15) is 0 Å². The number of benzene rings is 1. The van der Waals surface area contributed by atoms with Crippen LogP contribution in [0.25, 0.3) is 0 Å². The summed E-state index contributed by atoms with van der Waals surface area (Å²) in [4.78, 5) is 0. The third kappa shape index (κ3) is 6.77. The zero-order valence-corrected chi connectivity index (χ0v) is 13.4. The smallest absolute Gasteiger partial charge is 0.00967 e. The summed E-state index contributed by atoms with van der Waals surface area (Å²) in [6.07, 6.45) is 3.90. The molecular weight excluding hydrogens is 230 g/mol. The molecule has 1 heteroatoms. The molecule has 1 rings (SSSR count). The maximum Gasteiger partial charge on any atom is 0.00967 e. The van der Waals surface area contributed by atoms with Gasteiger partial charge < -0.3 is 5.32 Å². The Morgan fingerprint density at radius 1 is 1.11 bits per heavy atom. The molecule has 0 amide bonds. The molecule has 0 bridgehead atoms. The Morgan fingerprint density at radius 3 is 2.26 bits per heavy atom. The van der Waals surface area contributed by atoms with Crippen molar-refractivity contribution >= 4 is 0 Å². The topological polar surface area (TPSA) is 12.0 Å². The Balaban J connectivity index is 2.68. The summed E-state index contributed by atoms with van der Waals surface area (Å²) in [6, 6.07) is 11.0. The first-order chi connectivity index (χ1) is 8.92. The van der Waals surface area contributed by atoms with Gasteiger partial charge in [-0.05, 0) is 44.6 Å². The molecule has 1 N–H and O–H groups in total. The number of nitrogens with one attached hydrogen (secondary N) is 1. The van der Waals surface area contributed by atoms with Crippen molar-refractivity contribution in [3.05, 3.63) is 35.9 Å². The molecule has 0 aliphatic rings. The van der Waals surface area contributed by atoms with Crippen molar-refractivity contribution in [2.75, 3.05) is 6.54 Å². The Kier molecular flexibility index (Phi) is 6.57. The van der Waals surface area contributed by atoms with Crippen molar-refractivity contribution in [2.24, 2.45) is 5.92 Å². The number of rotatable bonds is 7. The zero-order chi connectivity index (χ0) is 14.3. The highest BCUT2D eigenvalue weighted by atomic mass is 14.9. The predicted molar refractivity (Wildman–Crippen MR) is 85.6 cm³/mol. The molecular formula is C18H31N. The van der Waals surface area contributed by atoms with Gasteiger partial charge in [0.2, 0.25) is 0 Å². The van der Waals surface area contributed by atoms with Crippen LogP contribution >= 0.6 is 0 Å². The normalized spacial score (nSPS) is 15.2. The molecule has 0 saturated carbocycles. The van der Waals surface area contributed by atoms with Crippen LogP contribution in [0.3, 0.4) is 0 Å². The van der Waals surface area contributed by atoms with Crippen LogP contribution in [0.4, 0.5) is 0 Å². The largest absolute Gasteiger partial charge is 0.311 e. The Bertz CT molecular complexity index is 336. The Hall–Kier alpha value is -0.820. The summed E-state index contributed by atoms with van der Waals surface area (Å²) in [6.45, 7) is 12.5. The van der Waals surface area contributed by atoms with Crippen LogP contribution in [-0.4, -0.2) is 12.1 Å². The molecule has 0 aliphatic heterocycles. The summed E-state index contributed by atoms with van der Waals surface area (Å²) in [5.41, 5.74) is 1.67. The van der Waals surface area contributed by atoms with Crippen molar-refractivity contribution in [2.45, 2.75) is 65.3 Å². The van der Waals surface area contributed by atoms with Crippen molar-refractivity contribution in [1.29, 1.82) is 0 Å². The lowest BCUT2D eigenvalue weighted by Gasteiger charge is -2.27.